The number of carbonyl (C=O) groups is 3. The van der Waals surface area contributed by atoms with Crippen molar-refractivity contribution in [3.05, 3.63) is 12.7 Å². The fourth-order valence-corrected chi connectivity index (χ4v) is 2.97. The van der Waals surface area contributed by atoms with Crippen LogP contribution in [0, 0.1) is 21.7 Å². The summed E-state index contributed by atoms with van der Waals surface area (Å²) in [5, 5.41) is 0. The van der Waals surface area contributed by atoms with Crippen LogP contribution in [0.2, 0.25) is 0 Å². The van der Waals surface area contributed by atoms with Gasteiger partial charge in [0.05, 0.1) is 21.7 Å². The highest BCUT2D eigenvalue weighted by Crippen LogP contribution is 2.31. The third-order valence-electron chi connectivity index (χ3n) is 5.48. The first-order valence-electron chi connectivity index (χ1n) is 12.6. The number of hydrogen-bond acceptors (Lipinski definition) is 6. The fourth-order valence-electron chi connectivity index (χ4n) is 2.97. The molecule has 0 unspecified atom stereocenters. The second kappa shape index (κ2) is 13.9. The molecule has 0 rings (SSSR count). The highest BCUT2D eigenvalue weighted by molar-refractivity contribution is 5.76. The highest BCUT2D eigenvalue weighted by atomic mass is 16.6. The highest BCUT2D eigenvalue weighted by Gasteiger charge is 2.39. The molecule has 0 heterocycles. The number of rotatable bonds is 14. The number of carbonyl (C=O) groups excluding carboxylic acids is 3. The minimum Gasteiger partial charge on any atom is -0.464 e. The maximum atomic E-state index is 12.5. The molecule has 0 aliphatic carbocycles. The van der Waals surface area contributed by atoms with E-state index in [2.05, 4.69) is 6.58 Å². The van der Waals surface area contributed by atoms with E-state index >= 15 is 0 Å². The van der Waals surface area contributed by atoms with Gasteiger partial charge in [0.1, 0.15) is 19.8 Å². The van der Waals surface area contributed by atoms with Crippen molar-refractivity contribution in [2.75, 3.05) is 19.8 Å². The van der Waals surface area contributed by atoms with Crippen LogP contribution in [-0.2, 0) is 28.6 Å². The summed E-state index contributed by atoms with van der Waals surface area (Å²) in [6.45, 7) is 19.9. The van der Waals surface area contributed by atoms with E-state index in [0.29, 0.717) is 6.42 Å². The van der Waals surface area contributed by atoms with Crippen molar-refractivity contribution in [3.8, 4) is 0 Å². The average Bonchev–Trinajstić information content (AvgIpc) is 2.70. The molecular weight excluding hydrogens is 432 g/mol. The van der Waals surface area contributed by atoms with Gasteiger partial charge in [-0.15, -0.1) is 6.58 Å². The smallest absolute Gasteiger partial charge is 0.311 e. The van der Waals surface area contributed by atoms with Crippen molar-refractivity contribution in [2.45, 2.75) is 107 Å². The standard InChI is InChI=1S/C28H50O6/c1-11-12-13-14-15-16-17-18-28(19-32-22(29)25(2,3)4,20-33-23(30)26(5,6)7)21-34-24(31)27(8,9)10/h11H,1,12-21H2,2-10H3. The lowest BCUT2D eigenvalue weighted by Crippen LogP contribution is -2.42. The van der Waals surface area contributed by atoms with Crippen LogP contribution in [-0.4, -0.2) is 37.7 Å². The van der Waals surface area contributed by atoms with E-state index < -0.39 is 21.7 Å². The Hall–Kier alpha value is -1.85. The summed E-state index contributed by atoms with van der Waals surface area (Å²) < 4.78 is 17.1. The lowest BCUT2D eigenvalue weighted by molar-refractivity contribution is -0.172. The Morgan fingerprint density at radius 1 is 0.588 bits per heavy atom. The van der Waals surface area contributed by atoms with Crippen LogP contribution in [0.15, 0.2) is 12.7 Å². The van der Waals surface area contributed by atoms with Gasteiger partial charge < -0.3 is 14.2 Å². The number of ether oxygens (including phenoxy) is 3. The topological polar surface area (TPSA) is 78.9 Å². The first-order valence-corrected chi connectivity index (χ1v) is 12.6. The summed E-state index contributed by atoms with van der Waals surface area (Å²) in [5.74, 6) is -1.03. The Morgan fingerprint density at radius 3 is 1.24 bits per heavy atom. The maximum absolute atomic E-state index is 12.5. The lowest BCUT2D eigenvalue weighted by Gasteiger charge is -2.35. The van der Waals surface area contributed by atoms with E-state index in [9.17, 15) is 14.4 Å². The van der Waals surface area contributed by atoms with Gasteiger partial charge in [-0.3, -0.25) is 14.4 Å². The van der Waals surface area contributed by atoms with Crippen molar-refractivity contribution >= 4 is 17.9 Å². The minimum atomic E-state index is -0.802. The largest absolute Gasteiger partial charge is 0.464 e. The third-order valence-corrected chi connectivity index (χ3v) is 5.48. The van der Waals surface area contributed by atoms with Crippen LogP contribution < -0.4 is 0 Å². The van der Waals surface area contributed by atoms with E-state index in [1.807, 2.05) is 6.08 Å². The van der Waals surface area contributed by atoms with E-state index in [4.69, 9.17) is 14.2 Å². The monoisotopic (exact) mass is 482 g/mol. The van der Waals surface area contributed by atoms with Crippen LogP contribution in [0.4, 0.5) is 0 Å². The van der Waals surface area contributed by atoms with Crippen molar-refractivity contribution in [1.29, 1.82) is 0 Å². The molecule has 0 aromatic heterocycles. The summed E-state index contributed by atoms with van der Waals surface area (Å²) >= 11 is 0. The first-order chi connectivity index (χ1) is 15.4. The molecule has 34 heavy (non-hydrogen) atoms. The molecule has 0 saturated carbocycles. The second-order valence-electron chi connectivity index (χ2n) is 12.6. The Morgan fingerprint density at radius 2 is 0.912 bits per heavy atom. The molecule has 0 bridgehead atoms. The normalized spacial score (nSPS) is 12.7. The molecular formula is C28H50O6. The molecule has 0 aliphatic heterocycles. The number of allylic oxidation sites excluding steroid dienone is 1. The Bertz CT molecular complexity index is 584. The molecule has 0 atom stereocenters. The summed E-state index contributed by atoms with van der Waals surface area (Å²) in [4.78, 5) is 37.6. The van der Waals surface area contributed by atoms with Gasteiger partial charge in [-0.05, 0) is 81.6 Å². The quantitative estimate of drug-likeness (QED) is 0.119. The first kappa shape index (κ1) is 32.1. The number of hydrogen-bond donors (Lipinski definition) is 0. The number of unbranched alkanes of at least 4 members (excludes halogenated alkanes) is 5. The molecule has 6 heteroatoms. The molecule has 0 amide bonds. The summed E-state index contributed by atoms with van der Waals surface area (Å²) in [6.07, 6.45) is 8.71. The van der Waals surface area contributed by atoms with Crippen LogP contribution in [0.5, 0.6) is 0 Å². The Balaban J connectivity index is 5.60. The molecule has 0 aliphatic rings. The predicted octanol–water partition coefficient (Wildman–Crippen LogP) is 6.66. The molecule has 0 spiro atoms. The van der Waals surface area contributed by atoms with Crippen molar-refractivity contribution < 1.29 is 28.6 Å². The zero-order valence-corrected chi connectivity index (χ0v) is 23.3. The molecule has 0 aromatic carbocycles. The Kier molecular flexibility index (Phi) is 13.1. The van der Waals surface area contributed by atoms with Crippen molar-refractivity contribution in [2.24, 2.45) is 21.7 Å². The van der Waals surface area contributed by atoms with Gasteiger partial charge in [-0.2, -0.15) is 0 Å². The molecule has 198 valence electrons. The molecule has 0 N–H and O–H groups in total. The summed E-state index contributed by atoms with van der Waals surface area (Å²) in [7, 11) is 0. The van der Waals surface area contributed by atoms with Crippen LogP contribution in [0.3, 0.4) is 0 Å². The minimum absolute atomic E-state index is 0.0222. The summed E-state index contributed by atoms with van der Waals surface area (Å²) in [6, 6.07) is 0. The van der Waals surface area contributed by atoms with Gasteiger partial charge in [0, 0.05) is 0 Å². The van der Waals surface area contributed by atoms with Gasteiger partial charge in [0.25, 0.3) is 0 Å². The third kappa shape index (κ3) is 13.1. The van der Waals surface area contributed by atoms with E-state index in [1.165, 1.54) is 0 Å². The zero-order chi connectivity index (χ0) is 26.6. The van der Waals surface area contributed by atoms with Crippen LogP contribution >= 0.6 is 0 Å². The van der Waals surface area contributed by atoms with Gasteiger partial charge in [-0.1, -0.05) is 31.8 Å². The Labute approximate surface area is 208 Å². The molecule has 6 nitrogen and oxygen atoms in total. The lowest BCUT2D eigenvalue weighted by atomic mass is 9.84. The van der Waals surface area contributed by atoms with Crippen LogP contribution in [0.1, 0.15) is 107 Å². The van der Waals surface area contributed by atoms with E-state index in [1.54, 1.807) is 62.3 Å². The molecule has 0 fully saturated rings. The van der Waals surface area contributed by atoms with E-state index in [-0.39, 0.29) is 37.7 Å². The second-order valence-corrected chi connectivity index (χ2v) is 12.6. The molecule has 0 radical (unpaired) electrons. The molecule has 0 saturated heterocycles. The van der Waals surface area contributed by atoms with E-state index in [0.717, 1.165) is 38.5 Å². The van der Waals surface area contributed by atoms with Crippen molar-refractivity contribution in [1.82, 2.24) is 0 Å². The fraction of sp³-hybridized carbons (Fsp3) is 0.821. The van der Waals surface area contributed by atoms with Crippen LogP contribution in [0.25, 0.3) is 0 Å². The number of esters is 3. The van der Waals surface area contributed by atoms with Crippen molar-refractivity contribution in [3.63, 3.8) is 0 Å². The SMILES string of the molecule is C=CCCCCCCCC(COC(=O)C(C)(C)C)(COC(=O)C(C)(C)C)COC(=O)C(C)(C)C. The predicted molar refractivity (Wildman–Crippen MR) is 136 cm³/mol. The van der Waals surface area contributed by atoms with Gasteiger partial charge in [0.15, 0.2) is 0 Å². The van der Waals surface area contributed by atoms with Gasteiger partial charge in [0.2, 0.25) is 0 Å². The van der Waals surface area contributed by atoms with Gasteiger partial charge >= 0.3 is 17.9 Å². The average molecular weight is 483 g/mol. The molecule has 0 aromatic rings. The maximum Gasteiger partial charge on any atom is 0.311 e. The zero-order valence-electron chi connectivity index (χ0n) is 23.3. The summed E-state index contributed by atoms with van der Waals surface area (Å²) in [5.41, 5.74) is -2.80. The van der Waals surface area contributed by atoms with Gasteiger partial charge in [-0.25, -0.2) is 0 Å².